The van der Waals surface area contributed by atoms with Gasteiger partial charge in [0.25, 0.3) is 11.4 Å². The smallest absolute Gasteiger partial charge is 0.278 e. The third-order valence-corrected chi connectivity index (χ3v) is 2.45. The second-order valence-corrected chi connectivity index (χ2v) is 3.78. The molecule has 1 aromatic carbocycles. The van der Waals surface area contributed by atoms with Crippen molar-refractivity contribution in [1.82, 2.24) is 20.3 Å². The Morgan fingerprint density at radius 2 is 1.89 bits per heavy atom. The number of H-pyrrole nitrogens is 1. The molecule has 3 aromatic rings. The van der Waals surface area contributed by atoms with Crippen LogP contribution in [0.4, 0.5) is 0 Å². The molecule has 0 saturated heterocycles. The number of phenols is 1. The molecule has 0 saturated carbocycles. The third kappa shape index (κ3) is 2.21. The van der Waals surface area contributed by atoms with Crippen LogP contribution in [0.25, 0.3) is 23.0 Å². The largest absolute Gasteiger partial charge is 0.508 e. The minimum atomic E-state index is -0.304. The van der Waals surface area contributed by atoms with Crippen molar-refractivity contribution in [3.8, 4) is 28.7 Å². The standard InChI is InChI=1S/C12H8N4O3/c17-8-3-1-7(2-4-8)11-13-12(19-16-11)9-5-6-10(18)15-14-9/h1-6,17H,(H,15,18). The number of benzene rings is 1. The van der Waals surface area contributed by atoms with Crippen molar-refractivity contribution < 1.29 is 9.63 Å². The van der Waals surface area contributed by atoms with E-state index < -0.39 is 0 Å². The van der Waals surface area contributed by atoms with Gasteiger partial charge in [-0.2, -0.15) is 10.1 Å². The van der Waals surface area contributed by atoms with Crippen LogP contribution in [0.1, 0.15) is 0 Å². The van der Waals surface area contributed by atoms with Crippen molar-refractivity contribution in [1.29, 1.82) is 0 Å². The monoisotopic (exact) mass is 256 g/mol. The first-order valence-electron chi connectivity index (χ1n) is 5.41. The lowest BCUT2D eigenvalue weighted by molar-refractivity contribution is 0.430. The second-order valence-electron chi connectivity index (χ2n) is 3.78. The van der Waals surface area contributed by atoms with Gasteiger partial charge in [-0.3, -0.25) is 4.79 Å². The van der Waals surface area contributed by atoms with E-state index in [0.717, 1.165) is 0 Å². The first-order valence-corrected chi connectivity index (χ1v) is 5.41. The van der Waals surface area contributed by atoms with E-state index in [2.05, 4.69) is 20.3 Å². The molecule has 0 aliphatic heterocycles. The summed E-state index contributed by atoms with van der Waals surface area (Å²) in [6.45, 7) is 0. The van der Waals surface area contributed by atoms with E-state index in [9.17, 15) is 9.90 Å². The molecular weight excluding hydrogens is 248 g/mol. The molecule has 2 heterocycles. The van der Waals surface area contributed by atoms with Crippen LogP contribution in [0, 0.1) is 0 Å². The Morgan fingerprint density at radius 1 is 1.11 bits per heavy atom. The van der Waals surface area contributed by atoms with E-state index in [0.29, 0.717) is 17.1 Å². The maximum absolute atomic E-state index is 10.9. The molecule has 3 rings (SSSR count). The molecule has 94 valence electrons. The van der Waals surface area contributed by atoms with Gasteiger partial charge < -0.3 is 9.63 Å². The van der Waals surface area contributed by atoms with E-state index in [4.69, 9.17) is 4.52 Å². The second kappa shape index (κ2) is 4.37. The predicted molar refractivity (Wildman–Crippen MR) is 65.3 cm³/mol. The lowest BCUT2D eigenvalue weighted by Gasteiger charge is -1.93. The van der Waals surface area contributed by atoms with Crippen molar-refractivity contribution in [2.75, 3.05) is 0 Å². The number of phenolic OH excluding ortho intramolecular Hbond substituents is 1. The number of hydrogen-bond acceptors (Lipinski definition) is 6. The maximum Gasteiger partial charge on any atom is 0.278 e. The predicted octanol–water partition coefficient (Wildman–Crippen LogP) is 1.19. The number of aromatic hydroxyl groups is 1. The number of nitrogens with zero attached hydrogens (tertiary/aromatic N) is 3. The molecule has 0 fully saturated rings. The minimum Gasteiger partial charge on any atom is -0.508 e. The molecule has 0 amide bonds. The molecule has 0 bridgehead atoms. The normalized spacial score (nSPS) is 10.5. The quantitative estimate of drug-likeness (QED) is 0.713. The van der Waals surface area contributed by atoms with Gasteiger partial charge in [-0.15, -0.1) is 0 Å². The first-order chi connectivity index (χ1) is 9.22. The molecule has 0 unspecified atom stereocenters. The highest BCUT2D eigenvalue weighted by Crippen LogP contribution is 2.21. The van der Waals surface area contributed by atoms with Crippen molar-refractivity contribution in [3.63, 3.8) is 0 Å². The average molecular weight is 256 g/mol. The Kier molecular flexibility index (Phi) is 2.57. The van der Waals surface area contributed by atoms with E-state index >= 15 is 0 Å². The van der Waals surface area contributed by atoms with Crippen LogP contribution in [-0.2, 0) is 0 Å². The van der Waals surface area contributed by atoms with Crippen molar-refractivity contribution in [2.24, 2.45) is 0 Å². The molecular formula is C12H8N4O3. The molecule has 0 aliphatic carbocycles. The zero-order valence-electron chi connectivity index (χ0n) is 9.57. The molecule has 0 radical (unpaired) electrons. The highest BCUT2D eigenvalue weighted by Gasteiger charge is 2.11. The van der Waals surface area contributed by atoms with Crippen LogP contribution in [0.2, 0.25) is 0 Å². The Hall–Kier alpha value is -2.96. The first kappa shape index (κ1) is 11.1. The van der Waals surface area contributed by atoms with E-state index in [-0.39, 0.29) is 17.2 Å². The highest BCUT2D eigenvalue weighted by molar-refractivity contribution is 5.58. The molecule has 2 N–H and O–H groups in total. The lowest BCUT2D eigenvalue weighted by Crippen LogP contribution is -2.05. The van der Waals surface area contributed by atoms with Gasteiger partial charge in [-0.25, -0.2) is 5.10 Å². The summed E-state index contributed by atoms with van der Waals surface area (Å²) in [7, 11) is 0. The molecule has 2 aromatic heterocycles. The van der Waals surface area contributed by atoms with Gasteiger partial charge in [-0.05, 0) is 30.3 Å². The number of nitrogens with one attached hydrogen (secondary N) is 1. The zero-order valence-corrected chi connectivity index (χ0v) is 9.57. The van der Waals surface area contributed by atoms with Crippen LogP contribution < -0.4 is 5.56 Å². The van der Waals surface area contributed by atoms with Crippen molar-refractivity contribution >= 4 is 0 Å². The van der Waals surface area contributed by atoms with Crippen LogP contribution >= 0.6 is 0 Å². The van der Waals surface area contributed by atoms with Crippen LogP contribution in [0.5, 0.6) is 5.75 Å². The van der Waals surface area contributed by atoms with Gasteiger partial charge in [0, 0.05) is 11.6 Å². The average Bonchev–Trinajstić information content (AvgIpc) is 2.90. The molecule has 7 nitrogen and oxygen atoms in total. The summed E-state index contributed by atoms with van der Waals surface area (Å²) < 4.78 is 5.07. The molecule has 7 heteroatoms. The van der Waals surface area contributed by atoms with E-state index in [1.54, 1.807) is 12.1 Å². The summed E-state index contributed by atoms with van der Waals surface area (Å²) in [5.41, 5.74) is 0.788. The lowest BCUT2D eigenvalue weighted by atomic mass is 10.2. The molecule has 0 aliphatic rings. The number of aromatic amines is 1. The summed E-state index contributed by atoms with van der Waals surface area (Å²) in [6, 6.07) is 9.22. The topological polar surface area (TPSA) is 105 Å². The van der Waals surface area contributed by atoms with E-state index in [1.807, 2.05) is 0 Å². The Bertz CT molecular complexity index is 741. The summed E-state index contributed by atoms with van der Waals surface area (Å²) in [5.74, 6) is 0.747. The van der Waals surface area contributed by atoms with Crippen LogP contribution in [0.15, 0.2) is 45.7 Å². The third-order valence-electron chi connectivity index (χ3n) is 2.45. The van der Waals surface area contributed by atoms with E-state index in [1.165, 1.54) is 24.3 Å². The Labute approximate surface area is 106 Å². The number of rotatable bonds is 2. The summed E-state index contributed by atoms with van der Waals surface area (Å²) in [5, 5.41) is 19.1. The summed E-state index contributed by atoms with van der Waals surface area (Å²) in [6.07, 6.45) is 0. The number of aromatic nitrogens is 4. The fraction of sp³-hybridized carbons (Fsp3) is 0. The van der Waals surface area contributed by atoms with Crippen molar-refractivity contribution in [2.45, 2.75) is 0 Å². The van der Waals surface area contributed by atoms with Gasteiger partial charge >= 0.3 is 0 Å². The maximum atomic E-state index is 10.9. The SMILES string of the molecule is O=c1ccc(-c2nc(-c3ccc(O)cc3)no2)n[nH]1. The van der Waals surface area contributed by atoms with Gasteiger partial charge in [0.2, 0.25) is 5.82 Å². The van der Waals surface area contributed by atoms with Gasteiger partial charge in [0.05, 0.1) is 0 Å². The van der Waals surface area contributed by atoms with Gasteiger partial charge in [-0.1, -0.05) is 5.16 Å². The molecule has 0 spiro atoms. The summed E-state index contributed by atoms with van der Waals surface area (Å²) >= 11 is 0. The van der Waals surface area contributed by atoms with Gasteiger partial charge in [0.15, 0.2) is 0 Å². The van der Waals surface area contributed by atoms with Crippen LogP contribution in [-0.4, -0.2) is 25.4 Å². The Morgan fingerprint density at radius 3 is 2.58 bits per heavy atom. The fourth-order valence-electron chi connectivity index (χ4n) is 1.52. The van der Waals surface area contributed by atoms with Crippen LogP contribution in [0.3, 0.4) is 0 Å². The molecule has 0 atom stereocenters. The minimum absolute atomic E-state index is 0.162. The summed E-state index contributed by atoms with van der Waals surface area (Å²) in [4.78, 5) is 15.1. The van der Waals surface area contributed by atoms with Gasteiger partial charge in [0.1, 0.15) is 11.4 Å². The fourth-order valence-corrected chi connectivity index (χ4v) is 1.52. The highest BCUT2D eigenvalue weighted by atomic mass is 16.5. The Balaban J connectivity index is 1.97. The number of hydrogen-bond donors (Lipinski definition) is 2. The van der Waals surface area contributed by atoms with Crippen molar-refractivity contribution in [3.05, 3.63) is 46.8 Å². The zero-order chi connectivity index (χ0) is 13.2. The molecule has 19 heavy (non-hydrogen) atoms.